The standard InChI is InChI=1S/C27H32N4O3S/c1-20-8-9-23(16-21(20)2)26-17-25(28-31(26)24-10-15-35(33,34)19-24)27(32)30-13-11-29(12-14-30)18-22-6-4-3-5-7-22/h3-9,16-17,24H,10-15,18-19H2,1-2H3. The van der Waals surface area contributed by atoms with Gasteiger partial charge >= 0.3 is 0 Å². The minimum Gasteiger partial charge on any atom is -0.335 e. The Labute approximate surface area is 207 Å². The molecule has 0 aliphatic carbocycles. The lowest BCUT2D eigenvalue weighted by atomic mass is 10.0. The van der Waals surface area contributed by atoms with Crippen LogP contribution in [0.1, 0.15) is 39.6 Å². The van der Waals surface area contributed by atoms with E-state index in [0.717, 1.165) is 36.5 Å². The molecule has 0 N–H and O–H groups in total. The summed E-state index contributed by atoms with van der Waals surface area (Å²) in [5.41, 5.74) is 5.76. The fraction of sp³-hybridized carbons (Fsp3) is 0.407. The highest BCUT2D eigenvalue weighted by Gasteiger charge is 2.33. The van der Waals surface area contributed by atoms with Gasteiger partial charge in [0, 0.05) is 38.3 Å². The number of carbonyl (C=O) groups is 1. The molecule has 184 valence electrons. The van der Waals surface area contributed by atoms with E-state index in [-0.39, 0.29) is 23.5 Å². The number of sulfone groups is 1. The first-order valence-electron chi connectivity index (χ1n) is 12.2. The SMILES string of the molecule is Cc1ccc(-c2cc(C(=O)N3CCN(Cc4ccccc4)CC3)nn2C2CCS(=O)(=O)C2)cc1C. The molecule has 1 amide bonds. The van der Waals surface area contributed by atoms with Crippen molar-refractivity contribution in [2.24, 2.45) is 0 Å². The Morgan fingerprint density at radius 1 is 0.971 bits per heavy atom. The molecule has 0 spiro atoms. The van der Waals surface area contributed by atoms with E-state index in [1.807, 2.05) is 35.2 Å². The van der Waals surface area contributed by atoms with E-state index in [9.17, 15) is 13.2 Å². The second-order valence-corrected chi connectivity index (χ2v) is 12.0. The number of benzene rings is 2. The lowest BCUT2D eigenvalue weighted by Crippen LogP contribution is -2.48. The van der Waals surface area contributed by atoms with Gasteiger partial charge in [-0.3, -0.25) is 14.4 Å². The number of aromatic nitrogens is 2. The normalized spacial score (nSPS) is 20.3. The summed E-state index contributed by atoms with van der Waals surface area (Å²) >= 11 is 0. The lowest BCUT2D eigenvalue weighted by Gasteiger charge is -2.34. The molecule has 0 saturated carbocycles. The van der Waals surface area contributed by atoms with Gasteiger partial charge in [-0.25, -0.2) is 8.42 Å². The van der Waals surface area contributed by atoms with E-state index >= 15 is 0 Å². The quantitative estimate of drug-likeness (QED) is 0.545. The molecule has 2 aliphatic rings. The van der Waals surface area contributed by atoms with Crippen LogP contribution in [0.5, 0.6) is 0 Å². The predicted octanol–water partition coefficient (Wildman–Crippen LogP) is 3.48. The molecule has 35 heavy (non-hydrogen) atoms. The van der Waals surface area contributed by atoms with Gasteiger partial charge in [-0.15, -0.1) is 0 Å². The highest BCUT2D eigenvalue weighted by molar-refractivity contribution is 7.91. The van der Waals surface area contributed by atoms with E-state index in [4.69, 9.17) is 5.10 Å². The summed E-state index contributed by atoms with van der Waals surface area (Å²) < 4.78 is 26.2. The number of nitrogens with zero attached hydrogens (tertiary/aromatic N) is 4. The first-order chi connectivity index (χ1) is 16.8. The van der Waals surface area contributed by atoms with Crippen LogP contribution in [0.15, 0.2) is 54.6 Å². The summed E-state index contributed by atoms with van der Waals surface area (Å²) in [6, 6.07) is 18.1. The Balaban J connectivity index is 1.36. The molecule has 5 rings (SSSR count). The van der Waals surface area contributed by atoms with Gasteiger partial charge in [-0.05, 0) is 49.1 Å². The molecule has 3 heterocycles. The Hall–Kier alpha value is -2.97. The highest BCUT2D eigenvalue weighted by Crippen LogP contribution is 2.31. The van der Waals surface area contributed by atoms with E-state index in [0.29, 0.717) is 25.2 Å². The maximum Gasteiger partial charge on any atom is 0.274 e. The van der Waals surface area contributed by atoms with E-state index in [1.165, 1.54) is 11.1 Å². The monoisotopic (exact) mass is 492 g/mol. The smallest absolute Gasteiger partial charge is 0.274 e. The van der Waals surface area contributed by atoms with Crippen LogP contribution in [0.2, 0.25) is 0 Å². The molecule has 8 heteroatoms. The van der Waals surface area contributed by atoms with Crippen LogP contribution in [0.25, 0.3) is 11.3 Å². The van der Waals surface area contributed by atoms with Crippen LogP contribution in [0.3, 0.4) is 0 Å². The molecule has 2 fully saturated rings. The largest absolute Gasteiger partial charge is 0.335 e. The summed E-state index contributed by atoms with van der Waals surface area (Å²) in [5, 5.41) is 4.70. The molecule has 2 saturated heterocycles. The van der Waals surface area contributed by atoms with Gasteiger partial charge < -0.3 is 4.90 Å². The number of amides is 1. The molecular weight excluding hydrogens is 460 g/mol. The van der Waals surface area contributed by atoms with Gasteiger partial charge in [0.15, 0.2) is 15.5 Å². The van der Waals surface area contributed by atoms with Crippen molar-refractivity contribution in [2.45, 2.75) is 32.9 Å². The summed E-state index contributed by atoms with van der Waals surface area (Å²) in [6.45, 7) is 7.92. The van der Waals surface area contributed by atoms with Crippen LogP contribution < -0.4 is 0 Å². The Kier molecular flexibility index (Phi) is 6.51. The third-order valence-electron chi connectivity index (χ3n) is 7.22. The zero-order chi connectivity index (χ0) is 24.6. The van der Waals surface area contributed by atoms with Gasteiger partial charge in [0.25, 0.3) is 5.91 Å². The molecule has 1 unspecified atom stereocenters. The van der Waals surface area contributed by atoms with Crippen LogP contribution in [0, 0.1) is 13.8 Å². The predicted molar refractivity (Wildman–Crippen MR) is 137 cm³/mol. The molecule has 1 atom stereocenters. The Morgan fingerprint density at radius 2 is 1.71 bits per heavy atom. The van der Waals surface area contributed by atoms with Gasteiger partial charge in [0.05, 0.1) is 23.2 Å². The van der Waals surface area contributed by atoms with Crippen LogP contribution in [0.4, 0.5) is 0 Å². The Bertz CT molecular complexity index is 1330. The number of rotatable bonds is 5. The molecule has 0 radical (unpaired) electrons. The molecular formula is C27H32N4O3S. The third kappa shape index (κ3) is 5.18. The fourth-order valence-corrected chi connectivity index (χ4v) is 6.67. The van der Waals surface area contributed by atoms with Crippen molar-refractivity contribution in [2.75, 3.05) is 37.7 Å². The molecule has 2 aliphatic heterocycles. The van der Waals surface area contributed by atoms with Crippen molar-refractivity contribution in [3.63, 3.8) is 0 Å². The Morgan fingerprint density at radius 3 is 2.37 bits per heavy atom. The second kappa shape index (κ2) is 9.59. The van der Waals surface area contributed by atoms with Crippen molar-refractivity contribution in [1.29, 1.82) is 0 Å². The second-order valence-electron chi connectivity index (χ2n) is 9.77. The summed E-state index contributed by atoms with van der Waals surface area (Å²) in [6.07, 6.45) is 0.521. The van der Waals surface area contributed by atoms with Crippen molar-refractivity contribution in [1.82, 2.24) is 19.6 Å². The first kappa shape index (κ1) is 23.8. The van der Waals surface area contributed by atoms with Gasteiger partial charge in [-0.2, -0.15) is 5.10 Å². The van der Waals surface area contributed by atoms with Crippen molar-refractivity contribution < 1.29 is 13.2 Å². The third-order valence-corrected chi connectivity index (χ3v) is 8.97. The molecule has 3 aromatic rings. The highest BCUT2D eigenvalue weighted by atomic mass is 32.2. The number of piperazine rings is 1. The number of hydrogen-bond donors (Lipinski definition) is 0. The van der Waals surface area contributed by atoms with Gasteiger partial charge in [0.2, 0.25) is 0 Å². The fourth-order valence-electron chi connectivity index (χ4n) is 4.97. The molecule has 7 nitrogen and oxygen atoms in total. The molecule has 1 aromatic heterocycles. The molecule has 0 bridgehead atoms. The minimum atomic E-state index is -3.08. The maximum absolute atomic E-state index is 13.4. The van der Waals surface area contributed by atoms with Crippen molar-refractivity contribution in [3.8, 4) is 11.3 Å². The van der Waals surface area contributed by atoms with E-state index < -0.39 is 9.84 Å². The van der Waals surface area contributed by atoms with E-state index in [2.05, 4.69) is 43.0 Å². The summed E-state index contributed by atoms with van der Waals surface area (Å²) in [7, 11) is -3.08. The average molecular weight is 493 g/mol. The van der Waals surface area contributed by atoms with Crippen LogP contribution in [-0.4, -0.2) is 71.6 Å². The van der Waals surface area contributed by atoms with Crippen molar-refractivity contribution >= 4 is 15.7 Å². The number of aryl methyl sites for hydroxylation is 2. The van der Waals surface area contributed by atoms with Crippen LogP contribution >= 0.6 is 0 Å². The number of hydrogen-bond acceptors (Lipinski definition) is 5. The first-order valence-corrected chi connectivity index (χ1v) is 14.0. The average Bonchev–Trinajstić information content (AvgIpc) is 3.45. The zero-order valence-corrected chi connectivity index (χ0v) is 21.2. The van der Waals surface area contributed by atoms with Gasteiger partial charge in [-0.1, -0.05) is 42.5 Å². The summed E-state index contributed by atoms with van der Waals surface area (Å²) in [5.74, 6) is 0.142. The maximum atomic E-state index is 13.4. The molecule has 2 aromatic carbocycles. The lowest BCUT2D eigenvalue weighted by molar-refractivity contribution is 0.0621. The van der Waals surface area contributed by atoms with E-state index in [1.54, 1.807) is 4.68 Å². The topological polar surface area (TPSA) is 75.5 Å². The van der Waals surface area contributed by atoms with Gasteiger partial charge in [0.1, 0.15) is 0 Å². The van der Waals surface area contributed by atoms with Crippen LogP contribution in [-0.2, 0) is 16.4 Å². The summed E-state index contributed by atoms with van der Waals surface area (Å²) in [4.78, 5) is 17.7. The van der Waals surface area contributed by atoms with Crippen molar-refractivity contribution in [3.05, 3.63) is 77.0 Å². The zero-order valence-electron chi connectivity index (χ0n) is 20.4. The minimum absolute atomic E-state index is 0.0678. The number of carbonyl (C=O) groups excluding carboxylic acids is 1.